The van der Waals surface area contributed by atoms with Crippen molar-refractivity contribution in [3.05, 3.63) is 29.8 Å². The highest BCUT2D eigenvalue weighted by Crippen LogP contribution is 2.21. The lowest BCUT2D eigenvalue weighted by Gasteiger charge is -2.31. The van der Waals surface area contributed by atoms with E-state index >= 15 is 0 Å². The molecule has 0 aromatic heterocycles. The summed E-state index contributed by atoms with van der Waals surface area (Å²) in [5, 5.41) is 33.4. The van der Waals surface area contributed by atoms with Crippen molar-refractivity contribution >= 4 is 47.4 Å². The summed E-state index contributed by atoms with van der Waals surface area (Å²) >= 11 is 0. The van der Waals surface area contributed by atoms with E-state index in [-0.39, 0.29) is 68.8 Å². The fraction of sp³-hybridized carbons (Fsp3) is 0.641. The first-order valence-corrected chi connectivity index (χ1v) is 20.2. The number of hydrogen-bond acceptors (Lipinski definition) is 10. The van der Waals surface area contributed by atoms with Gasteiger partial charge in [0.1, 0.15) is 36.0 Å². The predicted molar refractivity (Wildman–Crippen MR) is 223 cm³/mol. The number of benzene rings is 1. The van der Waals surface area contributed by atoms with E-state index in [0.29, 0.717) is 37.8 Å². The summed E-state index contributed by atoms with van der Waals surface area (Å²) in [6.07, 6.45) is 2.54. The number of aliphatic carboxylic acids is 1. The van der Waals surface area contributed by atoms with E-state index < -0.39 is 77.7 Å². The molecule has 1 saturated heterocycles. The molecule has 2 rings (SSSR count). The number of carboxylic acids is 1. The van der Waals surface area contributed by atoms with Crippen molar-refractivity contribution in [3.63, 3.8) is 0 Å². The number of nitrogens with one attached hydrogen (secondary N) is 5. The third-order valence-electron chi connectivity index (χ3n) is 10.1. The number of nitrogens with two attached hydrogens (primary N) is 4. The Kier molecular flexibility index (Phi) is 20.9. The summed E-state index contributed by atoms with van der Waals surface area (Å²) in [7, 11) is 1.54. The fourth-order valence-electron chi connectivity index (χ4n) is 6.55. The van der Waals surface area contributed by atoms with Gasteiger partial charge in [-0.1, -0.05) is 46.2 Å². The number of nitrogens with zero attached hydrogens (tertiary/aromatic N) is 3. The van der Waals surface area contributed by atoms with Crippen LogP contribution in [0.4, 0.5) is 0 Å². The van der Waals surface area contributed by atoms with Crippen LogP contribution in [0, 0.1) is 11.8 Å². The number of likely N-dealkylation sites (tertiary alicyclic amines) is 1. The fourth-order valence-corrected chi connectivity index (χ4v) is 6.55. The van der Waals surface area contributed by atoms with Crippen molar-refractivity contribution in [1.82, 2.24) is 31.5 Å². The Morgan fingerprint density at radius 1 is 0.881 bits per heavy atom. The standard InChI is InChI=1S/C39H66N12O8/c1-6-23(4)31(35(56)49-29(37(58)59)20-22(2)3)50-33(54)28(21-24-13-15-25(52)16-14-24)48-34(55)30-12-9-19-51(30)36(57)27(11-8-17-45-38(41)42)47-32(53)26(40)10-7-18-46-39(43)44-5/h13-16,22-23,26-31,52H,6-12,17-21,40H2,1-5H3,(H,47,53)(H,48,55)(H,49,56)(H,50,54)(H,58,59)(H4,41,42,45)(H3,43,44,46)/t23-,26-,27-,28-,29-,30-,31-/m0/s1. The quantitative estimate of drug-likeness (QED) is 0.0330. The van der Waals surface area contributed by atoms with Crippen molar-refractivity contribution in [1.29, 1.82) is 0 Å². The van der Waals surface area contributed by atoms with E-state index in [1.54, 1.807) is 19.1 Å². The van der Waals surface area contributed by atoms with Crippen LogP contribution in [0.3, 0.4) is 0 Å². The Morgan fingerprint density at radius 3 is 2.14 bits per heavy atom. The average Bonchev–Trinajstić information content (AvgIpc) is 3.69. The van der Waals surface area contributed by atoms with Crippen LogP contribution in [0.1, 0.15) is 84.6 Å². The molecule has 1 aromatic rings. The summed E-state index contributed by atoms with van der Waals surface area (Å²) in [4.78, 5) is 90.2. The van der Waals surface area contributed by atoms with Gasteiger partial charge in [-0.2, -0.15) is 0 Å². The van der Waals surface area contributed by atoms with Crippen LogP contribution in [-0.2, 0) is 35.2 Å². The lowest BCUT2D eigenvalue weighted by Crippen LogP contribution is -2.60. The van der Waals surface area contributed by atoms with Crippen LogP contribution in [0.25, 0.3) is 0 Å². The number of phenolic OH excluding ortho intramolecular Hbond substituents is 1. The topological polar surface area (TPSA) is 335 Å². The van der Waals surface area contributed by atoms with Crippen LogP contribution < -0.4 is 49.5 Å². The van der Waals surface area contributed by atoms with Crippen molar-refractivity contribution in [2.75, 3.05) is 26.7 Å². The summed E-state index contributed by atoms with van der Waals surface area (Å²) in [6.45, 7) is 8.03. The van der Waals surface area contributed by atoms with E-state index in [0.717, 1.165) is 0 Å². The molecule has 0 radical (unpaired) electrons. The molecule has 0 bridgehead atoms. The molecule has 59 heavy (non-hydrogen) atoms. The molecule has 1 aliphatic heterocycles. The van der Waals surface area contributed by atoms with Crippen molar-refractivity contribution in [3.8, 4) is 5.75 Å². The van der Waals surface area contributed by atoms with Crippen molar-refractivity contribution in [2.45, 2.75) is 122 Å². The Hall–Kier alpha value is -5.66. The van der Waals surface area contributed by atoms with Gasteiger partial charge >= 0.3 is 5.97 Å². The number of rotatable bonds is 24. The zero-order valence-electron chi connectivity index (χ0n) is 34.9. The molecule has 7 atom stereocenters. The second kappa shape index (κ2) is 25.0. The largest absolute Gasteiger partial charge is 0.508 e. The number of carboxylic acid groups (broad SMARTS) is 1. The van der Waals surface area contributed by atoms with Gasteiger partial charge in [0.25, 0.3) is 0 Å². The first-order valence-electron chi connectivity index (χ1n) is 20.2. The molecule has 15 N–H and O–H groups in total. The first-order chi connectivity index (χ1) is 27.9. The van der Waals surface area contributed by atoms with Crippen LogP contribution in [-0.4, -0.2) is 125 Å². The van der Waals surface area contributed by atoms with Gasteiger partial charge < -0.3 is 64.6 Å². The van der Waals surface area contributed by atoms with Gasteiger partial charge in [-0.25, -0.2) is 4.79 Å². The molecular formula is C39H66N12O8. The van der Waals surface area contributed by atoms with Gasteiger partial charge in [-0.05, 0) is 74.5 Å². The molecule has 330 valence electrons. The first kappa shape index (κ1) is 49.5. The van der Waals surface area contributed by atoms with Gasteiger partial charge in [0.15, 0.2) is 11.9 Å². The van der Waals surface area contributed by atoms with Gasteiger partial charge in [0.2, 0.25) is 29.5 Å². The zero-order valence-corrected chi connectivity index (χ0v) is 34.9. The minimum atomic E-state index is -1.25. The molecule has 1 aromatic carbocycles. The summed E-state index contributed by atoms with van der Waals surface area (Å²) in [6, 6.07) is -0.577. The number of phenols is 1. The lowest BCUT2D eigenvalue weighted by atomic mass is 9.96. The summed E-state index contributed by atoms with van der Waals surface area (Å²) in [5.74, 6) is -4.65. The van der Waals surface area contributed by atoms with E-state index in [4.69, 9.17) is 22.9 Å². The monoisotopic (exact) mass is 831 g/mol. The molecule has 1 aliphatic rings. The van der Waals surface area contributed by atoms with Crippen LogP contribution in [0.5, 0.6) is 5.75 Å². The predicted octanol–water partition coefficient (Wildman–Crippen LogP) is -1.26. The van der Waals surface area contributed by atoms with E-state index in [1.807, 2.05) is 20.8 Å². The lowest BCUT2D eigenvalue weighted by molar-refractivity contribution is -0.143. The van der Waals surface area contributed by atoms with E-state index in [2.05, 4.69) is 36.6 Å². The molecule has 1 fully saturated rings. The van der Waals surface area contributed by atoms with Crippen LogP contribution in [0.2, 0.25) is 0 Å². The molecule has 0 saturated carbocycles. The summed E-state index contributed by atoms with van der Waals surface area (Å²) < 4.78 is 0. The van der Waals surface area contributed by atoms with Crippen molar-refractivity contribution < 1.29 is 39.0 Å². The normalized spacial score (nSPS) is 17.1. The minimum absolute atomic E-state index is 0.00757. The molecule has 0 aliphatic carbocycles. The van der Waals surface area contributed by atoms with Crippen molar-refractivity contribution in [2.24, 2.45) is 44.8 Å². The Morgan fingerprint density at radius 2 is 1.54 bits per heavy atom. The third-order valence-corrected chi connectivity index (χ3v) is 10.1. The maximum atomic E-state index is 14.2. The Labute approximate surface area is 346 Å². The van der Waals surface area contributed by atoms with Crippen LogP contribution >= 0.6 is 0 Å². The maximum absolute atomic E-state index is 14.2. The van der Waals surface area contributed by atoms with Gasteiger partial charge in [-0.3, -0.25) is 34.0 Å². The highest BCUT2D eigenvalue weighted by Gasteiger charge is 2.40. The number of amides is 5. The number of guanidine groups is 2. The van der Waals surface area contributed by atoms with Gasteiger partial charge in [0, 0.05) is 33.1 Å². The number of carbonyl (C=O) groups is 6. The smallest absolute Gasteiger partial charge is 0.326 e. The van der Waals surface area contributed by atoms with Crippen LogP contribution in [0.15, 0.2) is 34.3 Å². The number of aliphatic imine (C=N–C) groups is 2. The van der Waals surface area contributed by atoms with E-state index in [9.17, 15) is 39.0 Å². The molecule has 0 spiro atoms. The molecule has 20 nitrogen and oxygen atoms in total. The SMILES string of the molecule is CC[C@H](C)[C@H](NC(=O)[C@H](Cc1ccc(O)cc1)NC(=O)[C@@H]1CCCN1C(=O)[C@H](CCCN=C(N)N)NC(=O)[C@@H](N)CCCNC(N)=NC)C(=O)N[C@@H](CC(C)C)C(=O)O. The molecule has 20 heteroatoms. The Balaban J connectivity index is 2.34. The summed E-state index contributed by atoms with van der Waals surface area (Å²) in [5.41, 5.74) is 23.4. The zero-order chi connectivity index (χ0) is 44.2. The number of aromatic hydroxyl groups is 1. The highest BCUT2D eigenvalue weighted by atomic mass is 16.4. The highest BCUT2D eigenvalue weighted by molar-refractivity contribution is 5.97. The van der Waals surface area contributed by atoms with Gasteiger partial charge in [-0.15, -0.1) is 0 Å². The van der Waals surface area contributed by atoms with E-state index in [1.165, 1.54) is 24.1 Å². The molecule has 1 heterocycles. The second-order valence-electron chi connectivity index (χ2n) is 15.3. The van der Waals surface area contributed by atoms with Gasteiger partial charge in [0.05, 0.1) is 6.04 Å². The Bertz CT molecular complexity index is 1620. The molecular weight excluding hydrogens is 765 g/mol. The third kappa shape index (κ3) is 17.0. The molecule has 5 amide bonds. The average molecular weight is 831 g/mol. The number of hydrogen-bond donors (Lipinski definition) is 11. The minimum Gasteiger partial charge on any atom is -0.508 e. The maximum Gasteiger partial charge on any atom is 0.326 e. The second-order valence-corrected chi connectivity index (χ2v) is 15.3. The number of carbonyl (C=O) groups excluding carboxylic acids is 5. The molecule has 0 unspecified atom stereocenters.